The van der Waals surface area contributed by atoms with Crippen molar-refractivity contribution in [1.82, 2.24) is 9.78 Å². The number of aromatic nitrogens is 2. The van der Waals surface area contributed by atoms with E-state index in [2.05, 4.69) is 16.5 Å². The van der Waals surface area contributed by atoms with Crippen LogP contribution in [0.3, 0.4) is 0 Å². The highest BCUT2D eigenvalue weighted by Crippen LogP contribution is 2.11. The molecule has 1 heterocycles. The van der Waals surface area contributed by atoms with Crippen molar-refractivity contribution in [3.63, 3.8) is 0 Å². The normalized spacial score (nSPS) is 10.5. The minimum Gasteiger partial charge on any atom is -0.323 e. The van der Waals surface area contributed by atoms with E-state index in [4.69, 9.17) is 5.26 Å². The fourth-order valence-electron chi connectivity index (χ4n) is 2.30. The second kappa shape index (κ2) is 7.75. The number of benzene rings is 2. The summed E-state index contributed by atoms with van der Waals surface area (Å²) >= 11 is 0. The van der Waals surface area contributed by atoms with Crippen molar-refractivity contribution in [2.75, 3.05) is 5.32 Å². The number of rotatable bonds is 5. The molecule has 25 heavy (non-hydrogen) atoms. The van der Waals surface area contributed by atoms with Crippen molar-refractivity contribution in [3.8, 4) is 11.8 Å². The lowest BCUT2D eigenvalue weighted by Crippen LogP contribution is -2.07. The predicted octanol–water partition coefficient (Wildman–Crippen LogP) is 3.59. The minimum absolute atomic E-state index is 0.222. The third kappa shape index (κ3) is 4.43. The zero-order valence-corrected chi connectivity index (χ0v) is 13.5. The zero-order chi connectivity index (χ0) is 17.5. The van der Waals surface area contributed by atoms with Gasteiger partial charge in [0.1, 0.15) is 0 Å². The van der Waals surface area contributed by atoms with E-state index in [-0.39, 0.29) is 5.91 Å². The molecular weight excluding hydrogens is 312 g/mol. The van der Waals surface area contributed by atoms with Crippen molar-refractivity contribution in [2.45, 2.75) is 6.42 Å². The molecule has 1 amide bonds. The molecule has 122 valence electrons. The van der Waals surface area contributed by atoms with Gasteiger partial charge in [-0.15, -0.1) is 0 Å². The van der Waals surface area contributed by atoms with Crippen LogP contribution in [0.5, 0.6) is 0 Å². The lowest BCUT2D eigenvalue weighted by atomic mass is 10.1. The SMILES string of the molecule is N#CCc1ccc(NC(=O)/C=C/c2cnn(-c3ccccc3)c2)cc1. The molecule has 0 atom stereocenters. The van der Waals surface area contributed by atoms with Gasteiger partial charge in [0, 0.05) is 23.5 Å². The lowest BCUT2D eigenvalue weighted by Gasteiger charge is -2.02. The maximum Gasteiger partial charge on any atom is 0.248 e. The summed E-state index contributed by atoms with van der Waals surface area (Å²) in [6, 6.07) is 19.1. The van der Waals surface area contributed by atoms with Crippen LogP contribution in [0, 0.1) is 11.3 Å². The molecule has 0 saturated carbocycles. The minimum atomic E-state index is -0.222. The van der Waals surface area contributed by atoms with E-state index in [9.17, 15) is 4.79 Å². The Hall–Kier alpha value is -3.65. The molecule has 1 N–H and O–H groups in total. The Bertz CT molecular complexity index is 918. The smallest absolute Gasteiger partial charge is 0.248 e. The summed E-state index contributed by atoms with van der Waals surface area (Å²) in [6.07, 6.45) is 7.10. The monoisotopic (exact) mass is 328 g/mol. The molecule has 1 aromatic heterocycles. The number of hydrogen-bond donors (Lipinski definition) is 1. The van der Waals surface area contributed by atoms with Crippen LogP contribution < -0.4 is 5.32 Å². The Kier molecular flexibility index (Phi) is 5.03. The molecule has 0 bridgehead atoms. The largest absolute Gasteiger partial charge is 0.323 e. The zero-order valence-electron chi connectivity index (χ0n) is 13.5. The number of amides is 1. The maximum atomic E-state index is 12.0. The van der Waals surface area contributed by atoms with Gasteiger partial charge in [0.15, 0.2) is 0 Å². The van der Waals surface area contributed by atoms with Crippen molar-refractivity contribution < 1.29 is 4.79 Å². The Morgan fingerprint density at radius 2 is 1.92 bits per heavy atom. The first-order chi connectivity index (χ1) is 12.2. The molecule has 0 aliphatic rings. The highest BCUT2D eigenvalue weighted by molar-refractivity contribution is 6.01. The number of carbonyl (C=O) groups excluding carboxylic acids is 1. The molecule has 3 aromatic rings. The molecule has 0 spiro atoms. The molecule has 0 unspecified atom stereocenters. The van der Waals surface area contributed by atoms with E-state index >= 15 is 0 Å². The van der Waals surface area contributed by atoms with Gasteiger partial charge in [-0.1, -0.05) is 30.3 Å². The first-order valence-corrected chi connectivity index (χ1v) is 7.79. The van der Waals surface area contributed by atoms with E-state index in [1.165, 1.54) is 6.08 Å². The topological polar surface area (TPSA) is 70.7 Å². The molecule has 0 aliphatic heterocycles. The van der Waals surface area contributed by atoms with Gasteiger partial charge >= 0.3 is 0 Å². The summed E-state index contributed by atoms with van der Waals surface area (Å²) in [5, 5.41) is 15.7. The average Bonchev–Trinajstić information content (AvgIpc) is 3.12. The van der Waals surface area contributed by atoms with Gasteiger partial charge in [0.05, 0.1) is 24.4 Å². The van der Waals surface area contributed by atoms with Crippen LogP contribution in [-0.4, -0.2) is 15.7 Å². The Balaban J connectivity index is 1.61. The number of nitrogens with one attached hydrogen (secondary N) is 1. The number of nitrogens with zero attached hydrogens (tertiary/aromatic N) is 3. The van der Waals surface area contributed by atoms with Crippen molar-refractivity contribution >= 4 is 17.7 Å². The maximum absolute atomic E-state index is 12.0. The van der Waals surface area contributed by atoms with Gasteiger partial charge in [0.2, 0.25) is 5.91 Å². The Morgan fingerprint density at radius 1 is 1.16 bits per heavy atom. The van der Waals surface area contributed by atoms with Crippen molar-refractivity contribution in [1.29, 1.82) is 5.26 Å². The fourth-order valence-corrected chi connectivity index (χ4v) is 2.30. The van der Waals surface area contributed by atoms with Crippen molar-refractivity contribution in [3.05, 3.63) is 84.2 Å². The van der Waals surface area contributed by atoms with Gasteiger partial charge in [-0.3, -0.25) is 4.79 Å². The molecule has 0 aliphatic carbocycles. The van der Waals surface area contributed by atoms with Gasteiger partial charge in [-0.05, 0) is 35.9 Å². The predicted molar refractivity (Wildman–Crippen MR) is 97.0 cm³/mol. The molecule has 0 fully saturated rings. The van der Waals surface area contributed by atoms with Crippen LogP contribution in [-0.2, 0) is 11.2 Å². The van der Waals surface area contributed by atoms with Crippen molar-refractivity contribution in [2.24, 2.45) is 0 Å². The van der Waals surface area contributed by atoms with Gasteiger partial charge in [-0.25, -0.2) is 4.68 Å². The molecule has 0 saturated heterocycles. The van der Waals surface area contributed by atoms with E-state index in [0.717, 1.165) is 16.8 Å². The number of anilines is 1. The highest BCUT2D eigenvalue weighted by Gasteiger charge is 2.01. The lowest BCUT2D eigenvalue weighted by molar-refractivity contribution is -0.111. The second-order valence-electron chi connectivity index (χ2n) is 5.41. The van der Waals surface area contributed by atoms with E-state index in [1.807, 2.05) is 48.7 Å². The molecule has 2 aromatic carbocycles. The van der Waals surface area contributed by atoms with Gasteiger partial charge in [0.25, 0.3) is 0 Å². The van der Waals surface area contributed by atoms with Gasteiger partial charge < -0.3 is 5.32 Å². The third-order valence-electron chi connectivity index (χ3n) is 3.56. The van der Waals surface area contributed by atoms with Crippen LogP contribution in [0.1, 0.15) is 11.1 Å². The van der Waals surface area contributed by atoms with Crippen LogP contribution in [0.15, 0.2) is 73.1 Å². The number of hydrogen-bond acceptors (Lipinski definition) is 3. The summed E-state index contributed by atoms with van der Waals surface area (Å²) in [4.78, 5) is 12.0. The number of carbonyl (C=O) groups is 1. The Morgan fingerprint density at radius 3 is 2.64 bits per heavy atom. The summed E-state index contributed by atoms with van der Waals surface area (Å²) in [5.41, 5.74) is 3.41. The summed E-state index contributed by atoms with van der Waals surface area (Å²) < 4.78 is 1.76. The Labute approximate surface area is 145 Å². The molecular formula is C20H16N4O. The highest BCUT2D eigenvalue weighted by atomic mass is 16.1. The quantitative estimate of drug-likeness (QED) is 0.728. The van der Waals surface area contributed by atoms with Crippen LogP contribution >= 0.6 is 0 Å². The average molecular weight is 328 g/mol. The molecule has 0 radical (unpaired) electrons. The van der Waals surface area contributed by atoms with E-state index < -0.39 is 0 Å². The fraction of sp³-hybridized carbons (Fsp3) is 0.0500. The number of nitriles is 1. The summed E-state index contributed by atoms with van der Waals surface area (Å²) in [6.45, 7) is 0. The first kappa shape index (κ1) is 16.2. The summed E-state index contributed by atoms with van der Waals surface area (Å²) in [7, 11) is 0. The van der Waals surface area contributed by atoms with E-state index in [1.54, 1.807) is 29.1 Å². The number of para-hydroxylation sites is 1. The van der Waals surface area contributed by atoms with Crippen LogP contribution in [0.2, 0.25) is 0 Å². The first-order valence-electron chi connectivity index (χ1n) is 7.79. The van der Waals surface area contributed by atoms with Crippen LogP contribution in [0.4, 0.5) is 5.69 Å². The van der Waals surface area contributed by atoms with Gasteiger partial charge in [-0.2, -0.15) is 10.4 Å². The molecule has 5 heteroatoms. The third-order valence-corrected chi connectivity index (χ3v) is 3.56. The van der Waals surface area contributed by atoms with Crippen LogP contribution in [0.25, 0.3) is 11.8 Å². The van der Waals surface area contributed by atoms with E-state index in [0.29, 0.717) is 12.1 Å². The standard InChI is InChI=1S/C20H16N4O/c21-13-12-16-6-9-18(10-7-16)23-20(25)11-8-17-14-22-24(15-17)19-4-2-1-3-5-19/h1-11,14-15H,12H2,(H,23,25)/b11-8+. The second-order valence-corrected chi connectivity index (χ2v) is 5.41. The molecule has 3 rings (SSSR count). The summed E-state index contributed by atoms with van der Waals surface area (Å²) in [5.74, 6) is -0.222. The molecule has 5 nitrogen and oxygen atoms in total.